The predicted molar refractivity (Wildman–Crippen MR) is 103 cm³/mol. The van der Waals surface area contributed by atoms with E-state index in [-0.39, 0.29) is 0 Å². The maximum Gasteiger partial charge on any atom is 0.193 e. The van der Waals surface area contributed by atoms with E-state index in [2.05, 4.69) is 53.1 Å². The molecule has 0 spiro atoms. The third-order valence-electron chi connectivity index (χ3n) is 3.96. The van der Waals surface area contributed by atoms with Crippen molar-refractivity contribution in [2.45, 2.75) is 33.7 Å². The van der Waals surface area contributed by atoms with Crippen LogP contribution in [0.25, 0.3) is 0 Å². The van der Waals surface area contributed by atoms with Gasteiger partial charge in [-0.05, 0) is 49.6 Å². The van der Waals surface area contributed by atoms with Crippen molar-refractivity contribution >= 4 is 17.5 Å². The number of nitrogens with two attached hydrogens (primary N) is 1. The van der Waals surface area contributed by atoms with E-state index in [0.717, 1.165) is 36.6 Å². The lowest BCUT2D eigenvalue weighted by Crippen LogP contribution is -2.23. The van der Waals surface area contributed by atoms with Crippen molar-refractivity contribution in [3.8, 4) is 0 Å². The van der Waals surface area contributed by atoms with Crippen LogP contribution in [0.5, 0.6) is 0 Å². The molecule has 0 saturated carbocycles. The van der Waals surface area contributed by atoms with Crippen molar-refractivity contribution in [3.63, 3.8) is 0 Å². The summed E-state index contributed by atoms with van der Waals surface area (Å²) in [7, 11) is 0. The number of anilines is 2. The second-order valence-electron chi connectivity index (χ2n) is 5.57. The van der Waals surface area contributed by atoms with Crippen molar-refractivity contribution in [1.82, 2.24) is 4.98 Å². The van der Waals surface area contributed by atoms with Crippen LogP contribution in [-0.4, -0.2) is 24.0 Å². The number of nitrogens with zero attached hydrogens (tertiary/aromatic N) is 3. The molecule has 24 heavy (non-hydrogen) atoms. The second kappa shape index (κ2) is 8.91. The zero-order valence-corrected chi connectivity index (χ0v) is 14.8. The molecule has 1 aromatic carbocycles. The third kappa shape index (κ3) is 4.98. The van der Waals surface area contributed by atoms with Crippen molar-refractivity contribution in [3.05, 3.63) is 53.7 Å². The Bertz CT molecular complexity index is 642. The van der Waals surface area contributed by atoms with Crippen LogP contribution >= 0.6 is 0 Å². The first-order valence-electron chi connectivity index (χ1n) is 8.52. The van der Waals surface area contributed by atoms with Gasteiger partial charge in [0.1, 0.15) is 5.82 Å². The molecule has 0 aliphatic rings. The summed E-state index contributed by atoms with van der Waals surface area (Å²) in [6, 6.07) is 12.3. The summed E-state index contributed by atoms with van der Waals surface area (Å²) in [4.78, 5) is 11.1. The first kappa shape index (κ1) is 17.8. The molecule has 0 fully saturated rings. The Hall–Kier alpha value is -2.56. The molecule has 0 unspecified atom stereocenters. The Morgan fingerprint density at radius 1 is 1.04 bits per heavy atom. The van der Waals surface area contributed by atoms with E-state index < -0.39 is 0 Å². The molecule has 0 amide bonds. The summed E-state index contributed by atoms with van der Waals surface area (Å²) in [6.45, 7) is 8.81. The van der Waals surface area contributed by atoms with Gasteiger partial charge < -0.3 is 16.0 Å². The SMILES string of the molecule is CCc1ccc(NC(N)=NCc2ccc(N(CC)CC)nc2)cc1. The molecule has 2 rings (SSSR count). The van der Waals surface area contributed by atoms with Crippen LogP contribution in [0.3, 0.4) is 0 Å². The highest BCUT2D eigenvalue weighted by Crippen LogP contribution is 2.12. The number of hydrogen-bond acceptors (Lipinski definition) is 3. The fraction of sp³-hybridized carbons (Fsp3) is 0.368. The number of rotatable bonds is 7. The lowest BCUT2D eigenvalue weighted by molar-refractivity contribution is 0.843. The zero-order valence-electron chi connectivity index (χ0n) is 14.8. The van der Waals surface area contributed by atoms with Gasteiger partial charge in [0.15, 0.2) is 5.96 Å². The Morgan fingerprint density at radius 2 is 1.71 bits per heavy atom. The van der Waals surface area contributed by atoms with E-state index in [0.29, 0.717) is 12.5 Å². The maximum absolute atomic E-state index is 5.96. The van der Waals surface area contributed by atoms with Crippen LogP contribution in [0.4, 0.5) is 11.5 Å². The summed E-state index contributed by atoms with van der Waals surface area (Å²) >= 11 is 0. The van der Waals surface area contributed by atoms with Gasteiger partial charge in [0.05, 0.1) is 6.54 Å². The number of nitrogens with one attached hydrogen (secondary N) is 1. The van der Waals surface area contributed by atoms with Crippen molar-refractivity contribution in [2.75, 3.05) is 23.3 Å². The van der Waals surface area contributed by atoms with Gasteiger partial charge in [0, 0.05) is 25.0 Å². The molecule has 2 aromatic rings. The monoisotopic (exact) mass is 325 g/mol. The van der Waals surface area contributed by atoms with Crippen LogP contribution in [-0.2, 0) is 13.0 Å². The summed E-state index contributed by atoms with van der Waals surface area (Å²) in [6.07, 6.45) is 2.89. The molecule has 0 bridgehead atoms. The van der Waals surface area contributed by atoms with Gasteiger partial charge in [-0.3, -0.25) is 0 Å². The molecule has 0 aliphatic carbocycles. The number of aliphatic imine (C=N–C) groups is 1. The fourth-order valence-corrected chi connectivity index (χ4v) is 2.43. The van der Waals surface area contributed by atoms with Gasteiger partial charge in [-0.1, -0.05) is 25.1 Å². The first-order valence-corrected chi connectivity index (χ1v) is 8.52. The lowest BCUT2D eigenvalue weighted by atomic mass is 10.1. The molecule has 1 heterocycles. The minimum atomic E-state index is 0.409. The normalized spacial score (nSPS) is 11.4. The molecular weight excluding hydrogens is 298 g/mol. The Labute approximate surface area is 144 Å². The Balaban J connectivity index is 1.93. The Morgan fingerprint density at radius 3 is 2.25 bits per heavy atom. The number of benzene rings is 1. The summed E-state index contributed by atoms with van der Waals surface area (Å²) in [5.41, 5.74) is 9.24. The Kier molecular flexibility index (Phi) is 6.61. The second-order valence-corrected chi connectivity index (χ2v) is 5.57. The number of pyridine rings is 1. The average molecular weight is 325 g/mol. The minimum absolute atomic E-state index is 0.409. The molecule has 0 saturated heterocycles. The summed E-state index contributed by atoms with van der Waals surface area (Å²) in [5, 5.41) is 3.11. The standard InChI is InChI=1S/C19H27N5/c1-4-15-7-10-17(11-8-15)23-19(20)22-14-16-9-12-18(21-13-16)24(5-2)6-3/h7-13H,4-6,14H2,1-3H3,(H3,20,22,23). The largest absolute Gasteiger partial charge is 0.370 e. The van der Waals surface area contributed by atoms with Gasteiger partial charge in [-0.25, -0.2) is 9.98 Å². The molecule has 0 atom stereocenters. The van der Waals surface area contributed by atoms with Crippen LogP contribution in [0, 0.1) is 0 Å². The topological polar surface area (TPSA) is 66.5 Å². The van der Waals surface area contributed by atoms with Crippen LogP contribution in [0.15, 0.2) is 47.6 Å². The summed E-state index contributed by atoms with van der Waals surface area (Å²) < 4.78 is 0. The van der Waals surface area contributed by atoms with Crippen LogP contribution in [0.1, 0.15) is 31.9 Å². The van der Waals surface area contributed by atoms with Crippen molar-refractivity contribution in [2.24, 2.45) is 10.7 Å². The van der Waals surface area contributed by atoms with Gasteiger partial charge in [-0.2, -0.15) is 0 Å². The highest BCUT2D eigenvalue weighted by atomic mass is 15.2. The maximum atomic E-state index is 5.96. The van der Waals surface area contributed by atoms with E-state index in [1.807, 2.05) is 30.5 Å². The zero-order chi connectivity index (χ0) is 17.4. The number of aromatic nitrogens is 1. The van der Waals surface area contributed by atoms with Crippen LogP contribution in [0.2, 0.25) is 0 Å². The highest BCUT2D eigenvalue weighted by molar-refractivity contribution is 5.92. The van der Waals surface area contributed by atoms with Gasteiger partial charge in [-0.15, -0.1) is 0 Å². The van der Waals surface area contributed by atoms with E-state index in [4.69, 9.17) is 5.73 Å². The molecule has 0 aliphatic heterocycles. The number of hydrogen-bond donors (Lipinski definition) is 2. The number of guanidine groups is 1. The predicted octanol–water partition coefficient (Wildman–Crippen LogP) is 3.42. The molecule has 128 valence electrons. The summed E-state index contributed by atoms with van der Waals surface area (Å²) in [5.74, 6) is 1.40. The minimum Gasteiger partial charge on any atom is -0.370 e. The molecule has 5 heteroatoms. The van der Waals surface area contributed by atoms with Crippen molar-refractivity contribution < 1.29 is 0 Å². The quantitative estimate of drug-likeness (QED) is 0.605. The smallest absolute Gasteiger partial charge is 0.193 e. The molecule has 1 aromatic heterocycles. The van der Waals surface area contributed by atoms with Crippen molar-refractivity contribution in [1.29, 1.82) is 0 Å². The van der Waals surface area contributed by atoms with Gasteiger partial charge in [0.25, 0.3) is 0 Å². The van der Waals surface area contributed by atoms with E-state index in [1.165, 1.54) is 5.56 Å². The third-order valence-corrected chi connectivity index (χ3v) is 3.96. The molecular formula is C19H27N5. The highest BCUT2D eigenvalue weighted by Gasteiger charge is 2.03. The number of aryl methyl sites for hydroxylation is 1. The van der Waals surface area contributed by atoms with E-state index >= 15 is 0 Å². The van der Waals surface area contributed by atoms with Crippen LogP contribution < -0.4 is 16.0 Å². The van der Waals surface area contributed by atoms with Gasteiger partial charge in [0.2, 0.25) is 0 Å². The van der Waals surface area contributed by atoms with E-state index in [9.17, 15) is 0 Å². The van der Waals surface area contributed by atoms with E-state index in [1.54, 1.807) is 0 Å². The molecule has 5 nitrogen and oxygen atoms in total. The lowest BCUT2D eigenvalue weighted by Gasteiger charge is -2.19. The fourth-order valence-electron chi connectivity index (χ4n) is 2.43. The average Bonchev–Trinajstić information content (AvgIpc) is 2.63. The first-order chi connectivity index (χ1) is 11.7. The molecule has 3 N–H and O–H groups in total. The van der Waals surface area contributed by atoms with Gasteiger partial charge >= 0.3 is 0 Å². The molecule has 0 radical (unpaired) electrons.